The molecule has 1 aromatic carbocycles. The van der Waals surface area contributed by atoms with E-state index in [1.165, 1.54) is 11.8 Å². The Morgan fingerprint density at radius 3 is 2.77 bits per heavy atom. The van der Waals surface area contributed by atoms with Crippen LogP contribution in [-0.2, 0) is 24.2 Å². The molecule has 0 spiro atoms. The van der Waals surface area contributed by atoms with Gasteiger partial charge in [0.15, 0.2) is 0 Å². The number of rotatable bonds is 8. The van der Waals surface area contributed by atoms with Crippen molar-refractivity contribution in [3.63, 3.8) is 0 Å². The molecule has 6 nitrogen and oxygen atoms in total. The summed E-state index contributed by atoms with van der Waals surface area (Å²) in [6.07, 6.45) is 4.97. The van der Waals surface area contributed by atoms with E-state index in [1.54, 1.807) is 0 Å². The summed E-state index contributed by atoms with van der Waals surface area (Å²) in [5.41, 5.74) is 5.08. The highest BCUT2D eigenvalue weighted by atomic mass is 32.2. The predicted molar refractivity (Wildman–Crippen MR) is 124 cm³/mol. The fraction of sp³-hybridized carbons (Fsp3) is 0.522. The number of carbonyl (C=O) groups is 1. The quantitative estimate of drug-likeness (QED) is 0.515. The van der Waals surface area contributed by atoms with Crippen LogP contribution >= 0.6 is 11.8 Å². The molecule has 0 bridgehead atoms. The van der Waals surface area contributed by atoms with Crippen molar-refractivity contribution in [1.82, 2.24) is 14.5 Å². The Balaban J connectivity index is 1.73. The van der Waals surface area contributed by atoms with Crippen molar-refractivity contribution in [1.29, 1.82) is 0 Å². The first-order valence-corrected chi connectivity index (χ1v) is 11.6. The summed E-state index contributed by atoms with van der Waals surface area (Å²) in [7, 11) is 4.08. The zero-order chi connectivity index (χ0) is 21.7. The largest absolute Gasteiger partial charge is 0.348 e. The maximum atomic E-state index is 12.7. The molecule has 1 aromatic heterocycles. The minimum atomic E-state index is -0.188. The molecule has 0 radical (unpaired) electrons. The first-order chi connectivity index (χ1) is 14.3. The molecular formula is C23H32N4O2S. The molecule has 2 aromatic rings. The Bertz CT molecular complexity index is 968. The Kier molecular flexibility index (Phi) is 7.72. The van der Waals surface area contributed by atoms with Gasteiger partial charge in [0.05, 0.1) is 5.75 Å². The van der Waals surface area contributed by atoms with Crippen LogP contribution in [0.15, 0.2) is 28.0 Å². The van der Waals surface area contributed by atoms with E-state index in [9.17, 15) is 9.59 Å². The lowest BCUT2D eigenvalue weighted by Crippen LogP contribution is -2.31. The van der Waals surface area contributed by atoms with Crippen molar-refractivity contribution in [2.45, 2.75) is 57.5 Å². The average molecular weight is 429 g/mol. The van der Waals surface area contributed by atoms with Gasteiger partial charge in [0.1, 0.15) is 5.03 Å². The van der Waals surface area contributed by atoms with Crippen LogP contribution in [0.25, 0.3) is 0 Å². The lowest BCUT2D eigenvalue weighted by Gasteiger charge is -2.23. The summed E-state index contributed by atoms with van der Waals surface area (Å²) in [6.45, 7) is 5.63. The van der Waals surface area contributed by atoms with Crippen LogP contribution in [0.5, 0.6) is 0 Å². The molecule has 7 heteroatoms. The van der Waals surface area contributed by atoms with E-state index >= 15 is 0 Å². The maximum Gasteiger partial charge on any atom is 0.348 e. The monoisotopic (exact) mass is 428 g/mol. The Morgan fingerprint density at radius 1 is 1.23 bits per heavy atom. The molecule has 0 saturated heterocycles. The Labute approximate surface area is 183 Å². The molecule has 0 aliphatic heterocycles. The van der Waals surface area contributed by atoms with Crippen molar-refractivity contribution in [3.8, 4) is 0 Å². The number of aryl methyl sites for hydroxylation is 2. The highest BCUT2D eigenvalue weighted by molar-refractivity contribution is 8.00. The molecule has 0 unspecified atom stereocenters. The highest BCUT2D eigenvalue weighted by Crippen LogP contribution is 2.28. The number of amides is 1. The zero-order valence-corrected chi connectivity index (χ0v) is 19.3. The first-order valence-electron chi connectivity index (χ1n) is 10.6. The molecule has 1 heterocycles. The van der Waals surface area contributed by atoms with Crippen LogP contribution in [0.4, 0.5) is 5.69 Å². The molecule has 1 amide bonds. The number of hydrogen-bond donors (Lipinski definition) is 1. The third kappa shape index (κ3) is 5.73. The van der Waals surface area contributed by atoms with Crippen LogP contribution in [-0.4, -0.2) is 46.8 Å². The lowest BCUT2D eigenvalue weighted by molar-refractivity contribution is -0.113. The number of thioether (sulfide) groups is 1. The van der Waals surface area contributed by atoms with Gasteiger partial charge in [-0.3, -0.25) is 9.36 Å². The van der Waals surface area contributed by atoms with E-state index in [1.807, 2.05) is 50.7 Å². The van der Waals surface area contributed by atoms with Crippen LogP contribution in [0.1, 0.15) is 41.6 Å². The van der Waals surface area contributed by atoms with Gasteiger partial charge in [-0.2, -0.15) is 4.98 Å². The topological polar surface area (TPSA) is 67.2 Å². The first kappa shape index (κ1) is 22.6. The molecule has 1 aliphatic rings. The van der Waals surface area contributed by atoms with Crippen LogP contribution < -0.4 is 11.0 Å². The molecular weight excluding hydrogens is 396 g/mol. The third-order valence-corrected chi connectivity index (χ3v) is 6.46. The lowest BCUT2D eigenvalue weighted by atomic mass is 9.97. The van der Waals surface area contributed by atoms with E-state index in [0.717, 1.165) is 71.7 Å². The standard InChI is InChI=1S/C23H32N4O2S/c1-16-10-11-17(2)19(14-16)24-21(28)15-30-22-18-8-5-6-9-20(18)27(23(29)25-22)13-7-12-26(3)4/h10-11,14H,5-9,12-13,15H2,1-4H3,(H,24,28). The molecule has 0 fully saturated rings. The van der Waals surface area contributed by atoms with Gasteiger partial charge in [0, 0.05) is 23.5 Å². The van der Waals surface area contributed by atoms with Crippen LogP contribution in [0.2, 0.25) is 0 Å². The summed E-state index contributed by atoms with van der Waals surface area (Å²) in [4.78, 5) is 31.8. The van der Waals surface area contributed by atoms with E-state index in [-0.39, 0.29) is 17.3 Å². The molecule has 30 heavy (non-hydrogen) atoms. The van der Waals surface area contributed by atoms with Gasteiger partial charge in [-0.1, -0.05) is 23.9 Å². The third-order valence-electron chi connectivity index (χ3n) is 5.44. The SMILES string of the molecule is Cc1ccc(C)c(NC(=O)CSc2nc(=O)n(CCCN(C)C)c3c2CCCC3)c1. The van der Waals surface area contributed by atoms with Crippen LogP contribution in [0.3, 0.4) is 0 Å². The van der Waals surface area contributed by atoms with E-state index < -0.39 is 0 Å². The minimum absolute atomic E-state index is 0.0739. The summed E-state index contributed by atoms with van der Waals surface area (Å²) in [5, 5.41) is 3.72. The summed E-state index contributed by atoms with van der Waals surface area (Å²) < 4.78 is 1.86. The molecule has 0 atom stereocenters. The average Bonchev–Trinajstić information content (AvgIpc) is 2.70. The molecule has 1 aliphatic carbocycles. The van der Waals surface area contributed by atoms with E-state index in [2.05, 4.69) is 15.2 Å². The van der Waals surface area contributed by atoms with Crippen molar-refractivity contribution in [2.24, 2.45) is 0 Å². The fourth-order valence-electron chi connectivity index (χ4n) is 3.83. The second-order valence-corrected chi connectivity index (χ2v) is 9.26. The minimum Gasteiger partial charge on any atom is -0.325 e. The predicted octanol–water partition coefficient (Wildman–Crippen LogP) is 3.42. The number of aromatic nitrogens is 2. The summed E-state index contributed by atoms with van der Waals surface area (Å²) >= 11 is 1.38. The number of fused-ring (bicyclic) bond motifs is 1. The van der Waals surface area contributed by atoms with Gasteiger partial charge < -0.3 is 10.2 Å². The van der Waals surface area contributed by atoms with Crippen molar-refractivity contribution >= 4 is 23.4 Å². The normalized spacial score (nSPS) is 13.4. The van der Waals surface area contributed by atoms with Crippen LogP contribution in [0, 0.1) is 13.8 Å². The zero-order valence-electron chi connectivity index (χ0n) is 18.5. The van der Waals surface area contributed by atoms with E-state index in [4.69, 9.17) is 0 Å². The van der Waals surface area contributed by atoms with Gasteiger partial charge in [-0.15, -0.1) is 0 Å². The van der Waals surface area contributed by atoms with Crippen molar-refractivity contribution in [2.75, 3.05) is 31.7 Å². The number of nitrogens with one attached hydrogen (secondary N) is 1. The number of hydrogen-bond acceptors (Lipinski definition) is 5. The molecule has 3 rings (SSSR count). The summed E-state index contributed by atoms with van der Waals surface area (Å²) in [5.74, 6) is 0.173. The Hall–Kier alpha value is -2.12. The van der Waals surface area contributed by atoms with Gasteiger partial charge in [-0.25, -0.2) is 4.79 Å². The van der Waals surface area contributed by atoms with Crippen molar-refractivity contribution < 1.29 is 4.79 Å². The van der Waals surface area contributed by atoms with E-state index in [0.29, 0.717) is 6.54 Å². The molecule has 162 valence electrons. The number of benzene rings is 1. The number of anilines is 1. The highest BCUT2D eigenvalue weighted by Gasteiger charge is 2.21. The molecule has 0 saturated carbocycles. The number of nitrogens with zero attached hydrogens (tertiary/aromatic N) is 3. The maximum absolute atomic E-state index is 12.7. The van der Waals surface area contributed by atoms with Crippen molar-refractivity contribution in [3.05, 3.63) is 51.1 Å². The van der Waals surface area contributed by atoms with Gasteiger partial charge in [0.25, 0.3) is 0 Å². The van der Waals surface area contributed by atoms with Gasteiger partial charge in [0.2, 0.25) is 5.91 Å². The van der Waals surface area contributed by atoms with Gasteiger partial charge in [-0.05, 0) is 83.8 Å². The smallest absolute Gasteiger partial charge is 0.325 e. The fourth-order valence-corrected chi connectivity index (χ4v) is 4.71. The Morgan fingerprint density at radius 2 is 2.00 bits per heavy atom. The van der Waals surface area contributed by atoms with Gasteiger partial charge >= 0.3 is 5.69 Å². The summed E-state index contributed by atoms with van der Waals surface area (Å²) in [6, 6.07) is 6.02. The number of carbonyl (C=O) groups excluding carboxylic acids is 1. The molecule has 1 N–H and O–H groups in total. The second-order valence-electron chi connectivity index (χ2n) is 8.30. The second kappa shape index (κ2) is 10.3.